The Morgan fingerprint density at radius 1 is 1.43 bits per heavy atom. The van der Waals surface area contributed by atoms with Gasteiger partial charge in [0.1, 0.15) is 22.4 Å². The Labute approximate surface area is 168 Å². The molecule has 0 amide bonds. The van der Waals surface area contributed by atoms with Gasteiger partial charge in [0, 0.05) is 24.2 Å². The van der Waals surface area contributed by atoms with Crippen molar-refractivity contribution in [3.8, 4) is 11.8 Å². The minimum atomic E-state index is -4.56. The Hall–Kier alpha value is -2.70. The van der Waals surface area contributed by atoms with E-state index < -0.39 is 17.5 Å². The molecule has 0 unspecified atom stereocenters. The first-order valence-electron chi connectivity index (χ1n) is 7.64. The summed E-state index contributed by atoms with van der Waals surface area (Å²) in [5.41, 5.74) is -0.522. The molecule has 0 saturated carbocycles. The maximum Gasteiger partial charge on any atom is 0.417 e. The zero-order valence-electron chi connectivity index (χ0n) is 14.4. The molecular formula is C18H13ClF3N3O2S. The third-order valence-electron chi connectivity index (χ3n) is 3.35. The molecule has 1 aromatic carbocycles. The zero-order valence-corrected chi connectivity index (χ0v) is 16.0. The number of carbonyl (C=O) groups excluding carboxylic acids is 1. The number of carbonyl (C=O) groups is 1. The van der Waals surface area contributed by atoms with Crippen molar-refractivity contribution in [3.05, 3.63) is 58.9 Å². The number of rotatable bonds is 7. The number of Topliss-reactive ketones (excluding diaryl/α,β-unsaturated/α-hetero) is 1. The van der Waals surface area contributed by atoms with Gasteiger partial charge in [-0.25, -0.2) is 4.98 Å². The fourth-order valence-electron chi connectivity index (χ4n) is 1.94. The Morgan fingerprint density at radius 3 is 2.79 bits per heavy atom. The first-order chi connectivity index (χ1) is 13.2. The number of nitrogens with zero attached hydrogens (tertiary/aromatic N) is 2. The van der Waals surface area contributed by atoms with Crippen LogP contribution in [0.15, 0.2) is 53.3 Å². The van der Waals surface area contributed by atoms with Gasteiger partial charge in [-0.05, 0) is 18.2 Å². The smallest absolute Gasteiger partial charge is 0.417 e. The standard InChI is InChI=1S/C18H13ClF3N3O2S/c1-27-14-4-2-3-13(6-14)24-8-11(7-23)16(26)10-28-17-15(19)5-12(9-25-17)18(20,21)22/h2-6,8-9,24H,10H2,1H3/b11-8+. The number of ketones is 1. The fourth-order valence-corrected chi connectivity index (χ4v) is 3.02. The van der Waals surface area contributed by atoms with Crippen LogP contribution in [0.3, 0.4) is 0 Å². The van der Waals surface area contributed by atoms with Crippen molar-refractivity contribution < 1.29 is 22.7 Å². The summed E-state index contributed by atoms with van der Waals surface area (Å²) in [6.07, 6.45) is -2.66. The van der Waals surface area contributed by atoms with Crippen molar-refractivity contribution in [1.29, 1.82) is 5.26 Å². The summed E-state index contributed by atoms with van der Waals surface area (Å²) in [6, 6.07) is 9.40. The molecule has 0 aliphatic carbocycles. The quantitative estimate of drug-likeness (QED) is 0.383. The highest BCUT2D eigenvalue weighted by atomic mass is 35.5. The number of nitrogens with one attached hydrogen (secondary N) is 1. The molecule has 146 valence electrons. The summed E-state index contributed by atoms with van der Waals surface area (Å²) in [6.45, 7) is 0. The molecule has 0 spiro atoms. The van der Waals surface area contributed by atoms with Gasteiger partial charge in [0.15, 0.2) is 5.78 Å². The molecule has 1 N–H and O–H groups in total. The summed E-state index contributed by atoms with van der Waals surface area (Å²) < 4.78 is 42.9. The van der Waals surface area contributed by atoms with Gasteiger partial charge in [-0.3, -0.25) is 4.79 Å². The number of hydrogen-bond donors (Lipinski definition) is 1. The van der Waals surface area contributed by atoms with Crippen LogP contribution in [-0.4, -0.2) is 23.6 Å². The van der Waals surface area contributed by atoms with E-state index in [4.69, 9.17) is 16.3 Å². The van der Waals surface area contributed by atoms with Gasteiger partial charge in [-0.15, -0.1) is 0 Å². The number of allylic oxidation sites excluding steroid dienone is 1. The van der Waals surface area contributed by atoms with Crippen molar-refractivity contribution in [3.63, 3.8) is 0 Å². The average molecular weight is 428 g/mol. The molecule has 0 aliphatic rings. The van der Waals surface area contributed by atoms with E-state index in [0.29, 0.717) is 17.6 Å². The minimum absolute atomic E-state index is 0.0704. The predicted molar refractivity (Wildman–Crippen MR) is 100 cm³/mol. The number of halogens is 4. The van der Waals surface area contributed by atoms with Gasteiger partial charge in [-0.1, -0.05) is 29.4 Å². The van der Waals surface area contributed by atoms with E-state index in [-0.39, 0.29) is 21.4 Å². The second kappa shape index (κ2) is 9.48. The lowest BCUT2D eigenvalue weighted by atomic mass is 10.2. The van der Waals surface area contributed by atoms with E-state index in [0.717, 1.165) is 17.8 Å². The average Bonchev–Trinajstić information content (AvgIpc) is 2.66. The SMILES string of the molecule is COc1cccc(N/C=C(\C#N)C(=O)CSc2ncc(C(F)(F)F)cc2Cl)c1. The highest BCUT2D eigenvalue weighted by molar-refractivity contribution is 8.00. The predicted octanol–water partition coefficient (Wildman–Crippen LogP) is 4.94. The van der Waals surface area contributed by atoms with Crippen LogP contribution >= 0.6 is 23.4 Å². The number of nitriles is 1. The molecule has 0 aliphatic heterocycles. The lowest BCUT2D eigenvalue weighted by molar-refractivity contribution is -0.137. The van der Waals surface area contributed by atoms with E-state index in [1.54, 1.807) is 30.3 Å². The Balaban J connectivity index is 2.03. The molecule has 1 heterocycles. The number of thioether (sulfide) groups is 1. The molecule has 0 fully saturated rings. The monoisotopic (exact) mass is 427 g/mol. The van der Waals surface area contributed by atoms with Gasteiger partial charge in [0.25, 0.3) is 0 Å². The van der Waals surface area contributed by atoms with Gasteiger partial charge < -0.3 is 10.1 Å². The normalized spacial score (nSPS) is 11.6. The van der Waals surface area contributed by atoms with Crippen LogP contribution in [-0.2, 0) is 11.0 Å². The fraction of sp³-hybridized carbons (Fsp3) is 0.167. The highest BCUT2D eigenvalue weighted by Gasteiger charge is 2.31. The third-order valence-corrected chi connectivity index (χ3v) is 4.75. The van der Waals surface area contributed by atoms with Crippen LogP contribution in [0.2, 0.25) is 5.02 Å². The molecule has 0 saturated heterocycles. The topological polar surface area (TPSA) is 75.0 Å². The van der Waals surface area contributed by atoms with Gasteiger partial charge in [0.2, 0.25) is 0 Å². The van der Waals surface area contributed by atoms with E-state index in [2.05, 4.69) is 10.3 Å². The van der Waals surface area contributed by atoms with Crippen LogP contribution in [0.1, 0.15) is 5.56 Å². The van der Waals surface area contributed by atoms with Crippen molar-refractivity contribution >= 4 is 34.8 Å². The Kier molecular flexibility index (Phi) is 7.31. The largest absolute Gasteiger partial charge is 0.497 e. The summed E-state index contributed by atoms with van der Waals surface area (Å²) in [7, 11) is 1.51. The van der Waals surface area contributed by atoms with Crippen LogP contribution in [0.25, 0.3) is 0 Å². The first-order valence-corrected chi connectivity index (χ1v) is 9.00. The molecule has 0 radical (unpaired) electrons. The Bertz CT molecular complexity index is 942. The second-order valence-electron chi connectivity index (χ2n) is 5.27. The molecule has 2 aromatic rings. The number of anilines is 1. The van der Waals surface area contributed by atoms with E-state index in [1.807, 2.05) is 0 Å². The molecule has 5 nitrogen and oxygen atoms in total. The van der Waals surface area contributed by atoms with Crippen LogP contribution in [0.4, 0.5) is 18.9 Å². The number of benzene rings is 1. The summed E-state index contributed by atoms with van der Waals surface area (Å²) in [5.74, 6) is -0.139. The number of hydrogen-bond acceptors (Lipinski definition) is 6. The number of pyridine rings is 1. The molecule has 1 aromatic heterocycles. The lowest BCUT2D eigenvalue weighted by Crippen LogP contribution is -2.08. The van der Waals surface area contributed by atoms with Crippen molar-refractivity contribution in [2.45, 2.75) is 11.2 Å². The first kappa shape index (κ1) is 21.6. The maximum atomic E-state index is 12.6. The zero-order chi connectivity index (χ0) is 20.7. The third kappa shape index (κ3) is 5.90. The summed E-state index contributed by atoms with van der Waals surface area (Å²) in [5, 5.41) is 11.8. The second-order valence-corrected chi connectivity index (χ2v) is 6.64. The number of ether oxygens (including phenoxy) is 1. The molecular weight excluding hydrogens is 415 g/mol. The molecule has 0 bridgehead atoms. The minimum Gasteiger partial charge on any atom is -0.497 e. The molecule has 10 heteroatoms. The number of methoxy groups -OCH3 is 1. The van der Waals surface area contributed by atoms with Crippen molar-refractivity contribution in [1.82, 2.24) is 4.98 Å². The maximum absolute atomic E-state index is 12.6. The highest BCUT2D eigenvalue weighted by Crippen LogP contribution is 2.33. The Morgan fingerprint density at radius 2 is 2.18 bits per heavy atom. The lowest BCUT2D eigenvalue weighted by Gasteiger charge is -2.08. The van der Waals surface area contributed by atoms with Gasteiger partial charge >= 0.3 is 6.18 Å². The summed E-state index contributed by atoms with van der Waals surface area (Å²) in [4.78, 5) is 15.8. The van der Waals surface area contributed by atoms with Crippen molar-refractivity contribution in [2.75, 3.05) is 18.2 Å². The van der Waals surface area contributed by atoms with Crippen LogP contribution in [0.5, 0.6) is 5.75 Å². The van der Waals surface area contributed by atoms with Crippen LogP contribution in [0, 0.1) is 11.3 Å². The van der Waals surface area contributed by atoms with E-state index in [9.17, 15) is 23.2 Å². The van der Waals surface area contributed by atoms with E-state index in [1.165, 1.54) is 13.3 Å². The molecule has 0 atom stereocenters. The van der Waals surface area contributed by atoms with Crippen molar-refractivity contribution in [2.24, 2.45) is 0 Å². The number of aromatic nitrogens is 1. The van der Waals surface area contributed by atoms with Crippen LogP contribution < -0.4 is 10.1 Å². The van der Waals surface area contributed by atoms with E-state index >= 15 is 0 Å². The number of alkyl halides is 3. The van der Waals surface area contributed by atoms with Gasteiger partial charge in [-0.2, -0.15) is 18.4 Å². The summed E-state index contributed by atoms with van der Waals surface area (Å²) >= 11 is 6.65. The molecule has 2 rings (SSSR count). The van der Waals surface area contributed by atoms with Gasteiger partial charge in [0.05, 0.1) is 23.4 Å². The molecule has 28 heavy (non-hydrogen) atoms.